The molecule has 1 aromatic rings. The van der Waals surface area contributed by atoms with Gasteiger partial charge in [-0.3, -0.25) is 20.3 Å². The van der Waals surface area contributed by atoms with Crippen molar-refractivity contribution in [3.05, 3.63) is 29.3 Å². The summed E-state index contributed by atoms with van der Waals surface area (Å²) in [5, 5.41) is 3.25. The first-order valence-electron chi connectivity index (χ1n) is 9.92. The van der Waals surface area contributed by atoms with Crippen LogP contribution < -0.4 is 15.8 Å². The van der Waals surface area contributed by atoms with Gasteiger partial charge < -0.3 is 19.8 Å². The van der Waals surface area contributed by atoms with Gasteiger partial charge in [-0.25, -0.2) is 0 Å². The second kappa shape index (κ2) is 9.85. The number of aliphatic imine (C=N–C) groups is 2. The van der Waals surface area contributed by atoms with Crippen LogP contribution in [0.1, 0.15) is 51.2 Å². The minimum absolute atomic E-state index is 0.0604. The maximum Gasteiger partial charge on any atom is 0.329 e. The van der Waals surface area contributed by atoms with Crippen LogP contribution in [0, 0.1) is 5.92 Å². The third-order valence-corrected chi connectivity index (χ3v) is 5.61. The van der Waals surface area contributed by atoms with Crippen LogP contribution in [0.25, 0.3) is 0 Å². The van der Waals surface area contributed by atoms with Crippen LogP contribution in [0.4, 0.5) is 0 Å². The van der Waals surface area contributed by atoms with Crippen molar-refractivity contribution < 1.29 is 19.1 Å². The quantitative estimate of drug-likeness (QED) is 0.356. The normalized spacial score (nSPS) is 23.6. The van der Waals surface area contributed by atoms with E-state index in [0.717, 1.165) is 42.9 Å². The summed E-state index contributed by atoms with van der Waals surface area (Å²) in [5.41, 5.74) is 8.55. The van der Waals surface area contributed by atoms with E-state index in [4.69, 9.17) is 15.5 Å². The van der Waals surface area contributed by atoms with Crippen molar-refractivity contribution in [2.75, 3.05) is 13.7 Å². The van der Waals surface area contributed by atoms with E-state index in [0.29, 0.717) is 17.7 Å². The number of ether oxygens (including phenoxy) is 1. The number of amidine groups is 1. The van der Waals surface area contributed by atoms with E-state index in [2.05, 4.69) is 17.2 Å². The molecule has 0 saturated heterocycles. The maximum absolute atomic E-state index is 11.3. The van der Waals surface area contributed by atoms with Gasteiger partial charge in [0.05, 0.1) is 19.2 Å². The molecule has 0 spiro atoms. The summed E-state index contributed by atoms with van der Waals surface area (Å²) in [6.45, 7) is 6.65. The number of unbranched alkanes of at least 4 members (excludes halogenated alkanes) is 2. The van der Waals surface area contributed by atoms with Gasteiger partial charge in [-0.15, -0.1) is 0 Å². The van der Waals surface area contributed by atoms with Crippen LogP contribution in [-0.2, 0) is 17.1 Å². The fraction of sp³-hybridized carbons (Fsp3) is 0.600. The van der Waals surface area contributed by atoms with E-state index in [-0.39, 0.29) is 12.1 Å². The summed E-state index contributed by atoms with van der Waals surface area (Å²) in [7, 11) is -2.59. The molecule has 1 aliphatic rings. The van der Waals surface area contributed by atoms with Gasteiger partial charge in [0.25, 0.3) is 0 Å². The monoisotopic (exact) mass is 424 g/mol. The first-order chi connectivity index (χ1) is 13.5. The van der Waals surface area contributed by atoms with Gasteiger partial charge in [-0.1, -0.05) is 31.9 Å². The summed E-state index contributed by atoms with van der Waals surface area (Å²) < 4.78 is 16.8. The van der Waals surface area contributed by atoms with Crippen molar-refractivity contribution in [3.63, 3.8) is 0 Å². The molecular formula is C20H33N4O4P. The van der Waals surface area contributed by atoms with Gasteiger partial charge in [-0.05, 0) is 43.9 Å². The molecule has 8 nitrogen and oxygen atoms in total. The summed E-state index contributed by atoms with van der Waals surface area (Å²) >= 11 is 0. The number of benzene rings is 1. The Bertz CT molecular complexity index is 817. The van der Waals surface area contributed by atoms with E-state index < -0.39 is 13.4 Å². The average molecular weight is 424 g/mol. The van der Waals surface area contributed by atoms with Crippen molar-refractivity contribution in [2.45, 2.75) is 58.4 Å². The largest absolute Gasteiger partial charge is 0.496 e. The Labute approximate surface area is 172 Å². The molecule has 0 saturated carbocycles. The Morgan fingerprint density at radius 2 is 2.10 bits per heavy atom. The molecule has 1 aliphatic heterocycles. The van der Waals surface area contributed by atoms with E-state index in [1.165, 1.54) is 0 Å². The zero-order valence-corrected chi connectivity index (χ0v) is 18.6. The van der Waals surface area contributed by atoms with Crippen molar-refractivity contribution in [3.8, 4) is 5.75 Å². The van der Waals surface area contributed by atoms with Gasteiger partial charge in [0.1, 0.15) is 11.6 Å². The second-order valence-corrected chi connectivity index (χ2v) is 9.37. The van der Waals surface area contributed by atoms with Crippen molar-refractivity contribution >= 4 is 19.1 Å². The number of hydrogen-bond acceptors (Lipinski definition) is 5. The van der Waals surface area contributed by atoms with E-state index in [1.807, 2.05) is 19.9 Å². The first kappa shape index (κ1) is 23.5. The summed E-state index contributed by atoms with van der Waals surface area (Å²) in [6.07, 6.45) is 3.57. The molecule has 2 unspecified atom stereocenters. The topological polar surface area (TPSA) is 130 Å². The lowest BCUT2D eigenvalue weighted by Gasteiger charge is -2.35. The predicted octanol–water partition coefficient (Wildman–Crippen LogP) is 2.82. The lowest BCUT2D eigenvalue weighted by Crippen LogP contribution is -2.59. The van der Waals surface area contributed by atoms with Crippen LogP contribution in [0.3, 0.4) is 0 Å². The average Bonchev–Trinajstić information content (AvgIpc) is 2.60. The van der Waals surface area contributed by atoms with E-state index in [1.54, 1.807) is 19.2 Å². The highest BCUT2D eigenvalue weighted by molar-refractivity contribution is 7.50. The molecule has 2 rings (SSSR count). The number of methoxy groups -OCH3 is 1. The number of nitrogens with zero attached hydrogens (tertiary/aromatic N) is 2. The van der Waals surface area contributed by atoms with Gasteiger partial charge in [0.15, 0.2) is 5.79 Å². The molecule has 29 heavy (non-hydrogen) atoms. The smallest absolute Gasteiger partial charge is 0.329 e. The zero-order chi connectivity index (χ0) is 21.7. The molecule has 0 aromatic heterocycles. The summed E-state index contributed by atoms with van der Waals surface area (Å²) in [6, 6.07) is 5.26. The molecule has 1 heterocycles. The first-order valence-corrected chi connectivity index (χ1v) is 11.7. The highest BCUT2D eigenvalue weighted by Gasteiger charge is 2.32. The predicted molar refractivity (Wildman–Crippen MR) is 117 cm³/mol. The van der Waals surface area contributed by atoms with E-state index >= 15 is 0 Å². The molecule has 5 N–H and O–H groups in total. The van der Waals surface area contributed by atoms with Gasteiger partial charge >= 0.3 is 7.60 Å². The summed E-state index contributed by atoms with van der Waals surface area (Å²) in [5.74, 6) is 0.464. The van der Waals surface area contributed by atoms with Crippen LogP contribution in [-0.4, -0.2) is 40.8 Å². The third-order valence-electron chi connectivity index (χ3n) is 4.83. The highest BCUT2D eigenvalue weighted by atomic mass is 31.2. The van der Waals surface area contributed by atoms with E-state index in [9.17, 15) is 14.4 Å². The van der Waals surface area contributed by atoms with Crippen molar-refractivity contribution in [1.82, 2.24) is 5.32 Å². The molecule has 0 aliphatic carbocycles. The standard InChI is InChI=1S/C20H33N4O4P/c1-5-6-7-10-22-19-17(14(2)23-20(3,21)24-19)12-16-9-8-15(11-18(16)28-4)13-29(25,26)27/h8-9,11,17H,5-7,10,12-13,21H2,1-4H3,(H,22,24)(H2,25,26,27). The van der Waals surface area contributed by atoms with Crippen molar-refractivity contribution in [1.29, 1.82) is 0 Å². The fourth-order valence-corrected chi connectivity index (χ4v) is 4.16. The molecule has 0 fully saturated rings. The maximum atomic E-state index is 11.3. The molecule has 0 radical (unpaired) electrons. The van der Waals surface area contributed by atoms with Crippen molar-refractivity contribution in [2.24, 2.45) is 21.6 Å². The third kappa shape index (κ3) is 7.23. The zero-order valence-electron chi connectivity index (χ0n) is 17.7. The van der Waals surface area contributed by atoms with Crippen LogP contribution in [0.5, 0.6) is 5.75 Å². The Hall–Kier alpha value is -1.73. The molecule has 0 amide bonds. The Kier molecular flexibility index (Phi) is 8.00. The molecule has 9 heteroatoms. The molecule has 2 atom stereocenters. The van der Waals surface area contributed by atoms with Crippen LogP contribution in [0.15, 0.2) is 28.2 Å². The second-order valence-electron chi connectivity index (χ2n) is 7.73. The SMILES string of the molecule is CCCCCN=C1NC(C)(N)N=C(C)C1Cc1ccc(CP(=O)(O)O)cc1OC. The molecular weight excluding hydrogens is 391 g/mol. The van der Waals surface area contributed by atoms with Gasteiger partial charge in [-0.2, -0.15) is 0 Å². The number of hydrogen-bond donors (Lipinski definition) is 4. The number of nitrogens with two attached hydrogens (primary N) is 1. The molecule has 1 aromatic carbocycles. The van der Waals surface area contributed by atoms with Gasteiger partial charge in [0.2, 0.25) is 0 Å². The Morgan fingerprint density at radius 3 is 2.72 bits per heavy atom. The summed E-state index contributed by atoms with van der Waals surface area (Å²) in [4.78, 5) is 27.8. The van der Waals surface area contributed by atoms with Gasteiger partial charge in [0, 0.05) is 12.3 Å². The Balaban J connectivity index is 2.29. The lowest BCUT2D eigenvalue weighted by atomic mass is 9.91. The molecule has 162 valence electrons. The highest BCUT2D eigenvalue weighted by Crippen LogP contribution is 2.40. The number of rotatable bonds is 9. The lowest BCUT2D eigenvalue weighted by molar-refractivity contribution is 0.371. The van der Waals surface area contributed by atoms with Crippen LogP contribution in [0.2, 0.25) is 0 Å². The fourth-order valence-electron chi connectivity index (χ4n) is 3.49. The number of nitrogens with one attached hydrogen (secondary N) is 1. The minimum atomic E-state index is -4.14. The minimum Gasteiger partial charge on any atom is -0.496 e. The molecule has 0 bridgehead atoms. The van der Waals surface area contributed by atoms with Crippen LogP contribution >= 0.6 is 7.60 Å². The Morgan fingerprint density at radius 1 is 1.38 bits per heavy atom.